The molecule has 0 heterocycles. The van der Waals surface area contributed by atoms with E-state index in [0.717, 1.165) is 12.8 Å². The Morgan fingerprint density at radius 1 is 0.571 bits per heavy atom. The van der Waals surface area contributed by atoms with Crippen molar-refractivity contribution in [1.82, 2.24) is 0 Å². The highest BCUT2D eigenvalue weighted by atomic mass is 14.4. The highest BCUT2D eigenvalue weighted by Crippen LogP contribution is 2.59. The van der Waals surface area contributed by atoms with Crippen LogP contribution in [-0.2, 0) is 12.8 Å². The highest BCUT2D eigenvalue weighted by molar-refractivity contribution is 6.01. The van der Waals surface area contributed by atoms with Crippen LogP contribution in [0.2, 0.25) is 0 Å². The molecule has 7 rings (SSSR count). The lowest BCUT2D eigenvalue weighted by Crippen LogP contribution is -1.99. The molecule has 0 aliphatic heterocycles. The van der Waals surface area contributed by atoms with E-state index in [2.05, 4.69) is 79.7 Å². The van der Waals surface area contributed by atoms with Crippen molar-refractivity contribution in [2.45, 2.75) is 25.7 Å². The minimum Gasteiger partial charge on any atom is -0.0619 e. The quantitative estimate of drug-likeness (QED) is 0.276. The van der Waals surface area contributed by atoms with Crippen LogP contribution in [0, 0.1) is 0 Å². The fourth-order valence-corrected chi connectivity index (χ4v) is 6.08. The van der Waals surface area contributed by atoms with Crippen molar-refractivity contribution in [3.05, 3.63) is 106 Å². The molecule has 1 unspecified atom stereocenters. The highest BCUT2D eigenvalue weighted by Gasteiger charge is 2.39. The fourth-order valence-electron chi connectivity index (χ4n) is 6.08. The Hall–Kier alpha value is -3.12. The molecule has 4 aromatic rings. The Morgan fingerprint density at radius 2 is 1.07 bits per heavy atom. The van der Waals surface area contributed by atoms with Crippen molar-refractivity contribution in [2.24, 2.45) is 0 Å². The third-order valence-electron chi connectivity index (χ3n) is 7.18. The predicted octanol–water partition coefficient (Wildman–Crippen LogP) is 6.96. The molecule has 0 nitrogen and oxygen atoms in total. The molecule has 0 spiro atoms. The smallest absolute Gasteiger partial charge is 0.00796 e. The lowest BCUT2D eigenvalue weighted by atomic mass is 9.84. The lowest BCUT2D eigenvalue weighted by molar-refractivity contribution is 0.956. The molecule has 1 atom stereocenters. The molecular weight excluding hydrogens is 336 g/mol. The molecule has 0 saturated heterocycles. The van der Waals surface area contributed by atoms with Gasteiger partial charge in [-0.05, 0) is 79.6 Å². The largest absolute Gasteiger partial charge is 0.0619 e. The summed E-state index contributed by atoms with van der Waals surface area (Å²) in [6.45, 7) is 2.40. The Kier molecular flexibility index (Phi) is 2.67. The third kappa shape index (κ3) is 1.63. The first-order valence-electron chi connectivity index (χ1n) is 10.3. The normalized spacial score (nSPS) is 16.8. The van der Waals surface area contributed by atoms with Gasteiger partial charge in [-0.25, -0.2) is 0 Å². The van der Waals surface area contributed by atoms with Gasteiger partial charge in [-0.2, -0.15) is 0 Å². The summed E-state index contributed by atoms with van der Waals surface area (Å²) in [5.74, 6) is 0.458. The summed E-state index contributed by atoms with van der Waals surface area (Å²) < 4.78 is 0. The minimum atomic E-state index is 0.458. The molecule has 3 aliphatic carbocycles. The maximum Gasteiger partial charge on any atom is 0.00796 e. The van der Waals surface area contributed by atoms with Crippen LogP contribution in [0.1, 0.15) is 46.2 Å². The van der Waals surface area contributed by atoms with Crippen molar-refractivity contribution >= 4 is 0 Å². The molecule has 0 aromatic heterocycles. The number of hydrogen-bond acceptors (Lipinski definition) is 0. The van der Waals surface area contributed by atoms with Crippen LogP contribution < -0.4 is 0 Å². The van der Waals surface area contributed by atoms with E-state index in [-0.39, 0.29) is 0 Å². The van der Waals surface area contributed by atoms with Gasteiger partial charge in [0.2, 0.25) is 0 Å². The van der Waals surface area contributed by atoms with E-state index in [0.29, 0.717) is 5.92 Å². The first kappa shape index (κ1) is 14.9. The molecule has 0 amide bonds. The van der Waals surface area contributed by atoms with E-state index < -0.39 is 0 Å². The number of rotatable bonds is 0. The first-order chi connectivity index (χ1) is 13.8. The maximum absolute atomic E-state index is 2.40. The first-order valence-corrected chi connectivity index (χ1v) is 10.3. The van der Waals surface area contributed by atoms with Crippen LogP contribution in [0.15, 0.2) is 72.8 Å². The van der Waals surface area contributed by atoms with E-state index in [1.807, 2.05) is 0 Å². The molecule has 0 radical (unpaired) electrons. The molecular formula is C28H20. The zero-order valence-electron chi connectivity index (χ0n) is 15.9. The second-order valence-corrected chi connectivity index (χ2v) is 8.47. The monoisotopic (exact) mass is 356 g/mol. The second kappa shape index (κ2) is 5.02. The Labute approximate surface area is 165 Å². The molecule has 4 aromatic carbocycles. The van der Waals surface area contributed by atoms with Gasteiger partial charge in [-0.15, -0.1) is 0 Å². The van der Waals surface area contributed by atoms with Crippen LogP contribution in [0.5, 0.6) is 0 Å². The van der Waals surface area contributed by atoms with Gasteiger partial charge < -0.3 is 0 Å². The van der Waals surface area contributed by atoms with Gasteiger partial charge in [0.1, 0.15) is 0 Å². The van der Waals surface area contributed by atoms with Crippen LogP contribution >= 0.6 is 0 Å². The Balaban J connectivity index is 1.68. The summed E-state index contributed by atoms with van der Waals surface area (Å²) in [6, 6.07) is 27.2. The van der Waals surface area contributed by atoms with E-state index in [1.54, 1.807) is 16.7 Å². The van der Waals surface area contributed by atoms with Crippen molar-refractivity contribution in [3.63, 3.8) is 0 Å². The van der Waals surface area contributed by atoms with Crippen LogP contribution in [-0.4, -0.2) is 0 Å². The second-order valence-electron chi connectivity index (χ2n) is 8.47. The molecule has 3 aliphatic rings. The van der Waals surface area contributed by atoms with Crippen LogP contribution in [0.3, 0.4) is 0 Å². The summed E-state index contributed by atoms with van der Waals surface area (Å²) in [5, 5.41) is 0. The molecule has 0 bridgehead atoms. The van der Waals surface area contributed by atoms with Gasteiger partial charge in [0.25, 0.3) is 0 Å². The van der Waals surface area contributed by atoms with Crippen LogP contribution in [0.4, 0.5) is 0 Å². The van der Waals surface area contributed by atoms with Crippen molar-refractivity contribution in [2.75, 3.05) is 0 Å². The Bertz CT molecular complexity index is 1300. The summed E-state index contributed by atoms with van der Waals surface area (Å²) in [6.07, 6.45) is 2.14. The average Bonchev–Trinajstić information content (AvgIpc) is 3.38. The molecule has 28 heavy (non-hydrogen) atoms. The molecule has 0 saturated carbocycles. The summed E-state index contributed by atoms with van der Waals surface area (Å²) in [4.78, 5) is 0. The lowest BCUT2D eigenvalue weighted by Gasteiger charge is -2.19. The van der Waals surface area contributed by atoms with Gasteiger partial charge >= 0.3 is 0 Å². The molecule has 132 valence electrons. The zero-order chi connectivity index (χ0) is 18.4. The van der Waals surface area contributed by atoms with E-state index >= 15 is 0 Å². The number of hydrogen-bond donors (Lipinski definition) is 0. The van der Waals surface area contributed by atoms with Crippen LogP contribution in [0.25, 0.3) is 33.4 Å². The van der Waals surface area contributed by atoms with Crippen molar-refractivity contribution in [3.8, 4) is 33.4 Å². The number of fused-ring (bicyclic) bond motifs is 12. The standard InChI is InChI=1S/C28H20/c1-16-19-10-6-7-13-22(19)28-24-14-17-8-2-4-11-20(17)26(24)23-15-18-9-3-5-12-21(18)27(23)25(16)28/h2-13,16H,14-15H2,1H3. The van der Waals surface area contributed by atoms with Gasteiger partial charge in [-0.1, -0.05) is 79.7 Å². The molecule has 0 fully saturated rings. The van der Waals surface area contributed by atoms with E-state index in [1.165, 1.54) is 50.1 Å². The van der Waals surface area contributed by atoms with Crippen molar-refractivity contribution < 1.29 is 0 Å². The number of benzene rings is 4. The summed E-state index contributed by atoms with van der Waals surface area (Å²) >= 11 is 0. The maximum atomic E-state index is 2.40. The van der Waals surface area contributed by atoms with Gasteiger partial charge in [0.05, 0.1) is 0 Å². The zero-order valence-corrected chi connectivity index (χ0v) is 15.9. The summed E-state index contributed by atoms with van der Waals surface area (Å²) in [7, 11) is 0. The topological polar surface area (TPSA) is 0 Å². The predicted molar refractivity (Wildman–Crippen MR) is 116 cm³/mol. The van der Waals surface area contributed by atoms with Gasteiger partial charge in [0.15, 0.2) is 0 Å². The Morgan fingerprint density at radius 3 is 1.75 bits per heavy atom. The minimum absolute atomic E-state index is 0.458. The van der Waals surface area contributed by atoms with Crippen molar-refractivity contribution in [1.29, 1.82) is 0 Å². The molecule has 0 N–H and O–H groups in total. The third-order valence-corrected chi connectivity index (χ3v) is 7.18. The molecule has 0 heteroatoms. The van der Waals surface area contributed by atoms with E-state index in [9.17, 15) is 0 Å². The summed E-state index contributed by atoms with van der Waals surface area (Å²) in [5.41, 5.74) is 18.2. The van der Waals surface area contributed by atoms with Gasteiger partial charge in [0, 0.05) is 5.92 Å². The SMILES string of the molecule is CC1c2ccccc2-c2c3c(c4c(c21)-c1ccccc1C4)-c1ccccc1C3. The average molecular weight is 356 g/mol. The van der Waals surface area contributed by atoms with Gasteiger partial charge in [-0.3, -0.25) is 0 Å². The van der Waals surface area contributed by atoms with E-state index in [4.69, 9.17) is 0 Å². The fraction of sp³-hybridized carbons (Fsp3) is 0.143.